The Hall–Kier alpha value is -2.05. The van der Waals surface area contributed by atoms with Crippen molar-refractivity contribution in [3.05, 3.63) is 54.1 Å². The molecule has 0 bridgehead atoms. The number of aryl methyl sites for hydroxylation is 1. The molecular weight excluding hydrogens is 348 g/mol. The van der Waals surface area contributed by atoms with E-state index in [2.05, 4.69) is 36.1 Å². The molecule has 3 rings (SSSR count). The largest absolute Gasteiger partial charge is 0.494 e. The Balaban J connectivity index is 1.66. The molecule has 5 nitrogen and oxygen atoms in total. The average molecular weight is 375 g/mol. The van der Waals surface area contributed by atoms with Gasteiger partial charge in [-0.3, -0.25) is 0 Å². The summed E-state index contributed by atoms with van der Waals surface area (Å²) >= 11 is 0. The van der Waals surface area contributed by atoms with Gasteiger partial charge in [0.25, 0.3) is 0 Å². The monoisotopic (exact) mass is 374 g/mol. The van der Waals surface area contributed by atoms with Crippen LogP contribution in [0.5, 0.6) is 5.75 Å². The Morgan fingerprint density at radius 3 is 2.04 bits per heavy atom. The first kappa shape index (κ1) is 18.7. The molecule has 2 aromatic carbocycles. The van der Waals surface area contributed by atoms with Gasteiger partial charge in [0.15, 0.2) is 0 Å². The number of anilines is 1. The van der Waals surface area contributed by atoms with E-state index >= 15 is 0 Å². The first-order valence-corrected chi connectivity index (χ1v) is 10.6. The minimum Gasteiger partial charge on any atom is -0.494 e. The van der Waals surface area contributed by atoms with Crippen molar-refractivity contribution >= 4 is 15.7 Å². The number of sulfonamides is 1. The van der Waals surface area contributed by atoms with Gasteiger partial charge in [0.05, 0.1) is 11.5 Å². The van der Waals surface area contributed by atoms with E-state index in [1.807, 2.05) is 6.92 Å². The molecule has 6 heteroatoms. The predicted molar refractivity (Wildman–Crippen MR) is 104 cm³/mol. The highest BCUT2D eigenvalue weighted by atomic mass is 32.2. The third-order valence-corrected chi connectivity index (χ3v) is 6.63. The molecule has 0 aromatic heterocycles. The fraction of sp³-hybridized carbons (Fsp3) is 0.400. The van der Waals surface area contributed by atoms with E-state index in [1.54, 1.807) is 28.6 Å². The van der Waals surface area contributed by atoms with Gasteiger partial charge in [-0.05, 0) is 55.3 Å². The molecule has 0 spiro atoms. The highest BCUT2D eigenvalue weighted by Gasteiger charge is 2.28. The van der Waals surface area contributed by atoms with Crippen LogP contribution in [0.3, 0.4) is 0 Å². The lowest BCUT2D eigenvalue weighted by molar-refractivity contribution is 0.340. The van der Waals surface area contributed by atoms with Gasteiger partial charge in [0.2, 0.25) is 10.0 Å². The zero-order valence-corrected chi connectivity index (χ0v) is 16.2. The highest BCUT2D eigenvalue weighted by Crippen LogP contribution is 2.23. The molecule has 0 unspecified atom stereocenters. The second kappa shape index (κ2) is 8.10. The fourth-order valence-electron chi connectivity index (χ4n) is 3.15. The molecular formula is C20H26N2O3S. The van der Waals surface area contributed by atoms with Crippen LogP contribution in [-0.4, -0.2) is 45.5 Å². The van der Waals surface area contributed by atoms with Crippen molar-refractivity contribution in [2.24, 2.45) is 0 Å². The fourth-order valence-corrected chi connectivity index (χ4v) is 4.57. The molecule has 0 N–H and O–H groups in total. The number of hydrogen-bond acceptors (Lipinski definition) is 4. The molecule has 0 atom stereocenters. The van der Waals surface area contributed by atoms with Gasteiger partial charge >= 0.3 is 0 Å². The third-order valence-electron chi connectivity index (χ3n) is 4.72. The van der Waals surface area contributed by atoms with Gasteiger partial charge in [0.1, 0.15) is 5.75 Å². The van der Waals surface area contributed by atoms with Crippen LogP contribution in [0.2, 0.25) is 0 Å². The van der Waals surface area contributed by atoms with Gasteiger partial charge in [-0.2, -0.15) is 4.31 Å². The lowest BCUT2D eigenvalue weighted by Gasteiger charge is -2.35. The number of rotatable bonds is 6. The Morgan fingerprint density at radius 1 is 0.885 bits per heavy atom. The molecule has 0 aliphatic carbocycles. The Kier molecular flexibility index (Phi) is 5.84. The summed E-state index contributed by atoms with van der Waals surface area (Å²) in [5.41, 5.74) is 2.46. The molecule has 0 radical (unpaired) electrons. The summed E-state index contributed by atoms with van der Waals surface area (Å²) in [6.45, 7) is 6.98. The lowest BCUT2D eigenvalue weighted by atomic mass is 10.1. The van der Waals surface area contributed by atoms with Crippen LogP contribution in [-0.2, 0) is 16.4 Å². The van der Waals surface area contributed by atoms with Crippen LogP contribution in [0.25, 0.3) is 0 Å². The molecule has 1 fully saturated rings. The maximum atomic E-state index is 12.8. The normalized spacial score (nSPS) is 15.8. The second-order valence-corrected chi connectivity index (χ2v) is 8.25. The van der Waals surface area contributed by atoms with Gasteiger partial charge < -0.3 is 9.64 Å². The molecule has 1 aliphatic heterocycles. The van der Waals surface area contributed by atoms with Gasteiger partial charge in [-0.15, -0.1) is 0 Å². The smallest absolute Gasteiger partial charge is 0.243 e. The van der Waals surface area contributed by atoms with Gasteiger partial charge in [0, 0.05) is 31.9 Å². The van der Waals surface area contributed by atoms with Crippen molar-refractivity contribution in [1.29, 1.82) is 0 Å². The second-order valence-electron chi connectivity index (χ2n) is 6.32. The van der Waals surface area contributed by atoms with Crippen molar-refractivity contribution in [3.63, 3.8) is 0 Å². The van der Waals surface area contributed by atoms with Crippen molar-refractivity contribution in [2.45, 2.75) is 25.2 Å². The number of ether oxygens (including phenoxy) is 1. The molecule has 140 valence electrons. The minimum atomic E-state index is -3.46. The van der Waals surface area contributed by atoms with E-state index in [0.29, 0.717) is 43.4 Å². The molecule has 1 heterocycles. The van der Waals surface area contributed by atoms with E-state index in [-0.39, 0.29) is 0 Å². The first-order chi connectivity index (χ1) is 12.5. The molecule has 2 aromatic rings. The zero-order valence-electron chi connectivity index (χ0n) is 15.4. The summed E-state index contributed by atoms with van der Waals surface area (Å²) in [5.74, 6) is 0.687. The lowest BCUT2D eigenvalue weighted by Crippen LogP contribution is -2.48. The molecule has 1 aliphatic rings. The summed E-state index contributed by atoms with van der Waals surface area (Å²) in [6, 6.07) is 15.2. The number of benzene rings is 2. The maximum absolute atomic E-state index is 12.8. The van der Waals surface area contributed by atoms with Crippen LogP contribution in [0.1, 0.15) is 19.4 Å². The van der Waals surface area contributed by atoms with Gasteiger partial charge in [-0.25, -0.2) is 8.42 Å². The summed E-state index contributed by atoms with van der Waals surface area (Å²) < 4.78 is 32.7. The molecule has 1 saturated heterocycles. The minimum absolute atomic E-state index is 0.321. The Labute approximate surface area is 156 Å². The Morgan fingerprint density at radius 2 is 1.50 bits per heavy atom. The summed E-state index contributed by atoms with van der Waals surface area (Å²) in [7, 11) is -3.46. The van der Waals surface area contributed by atoms with E-state index in [1.165, 1.54) is 5.56 Å². The summed E-state index contributed by atoms with van der Waals surface area (Å²) in [6.07, 6.45) is 1.02. The third kappa shape index (κ3) is 4.02. The van der Waals surface area contributed by atoms with Crippen LogP contribution in [0.15, 0.2) is 53.4 Å². The molecule has 26 heavy (non-hydrogen) atoms. The molecule has 0 amide bonds. The van der Waals surface area contributed by atoms with Crippen molar-refractivity contribution in [3.8, 4) is 5.75 Å². The van der Waals surface area contributed by atoms with E-state index in [9.17, 15) is 8.42 Å². The standard InChI is InChI=1S/C20H26N2O3S/c1-3-17-5-7-18(8-6-17)21-13-15-22(16-14-21)26(23,24)20-11-9-19(10-12-20)25-4-2/h5-12H,3-4,13-16H2,1-2H3. The average Bonchev–Trinajstić information content (AvgIpc) is 2.69. The SMILES string of the molecule is CCOc1ccc(S(=O)(=O)N2CCN(c3ccc(CC)cc3)CC2)cc1. The summed E-state index contributed by atoms with van der Waals surface area (Å²) in [4.78, 5) is 2.56. The number of piperazine rings is 1. The topological polar surface area (TPSA) is 49.9 Å². The zero-order chi connectivity index (χ0) is 18.6. The summed E-state index contributed by atoms with van der Waals surface area (Å²) in [5, 5.41) is 0. The predicted octanol–water partition coefficient (Wildman–Crippen LogP) is 3.16. The number of nitrogens with zero attached hydrogens (tertiary/aromatic N) is 2. The number of hydrogen-bond donors (Lipinski definition) is 0. The van der Waals surface area contributed by atoms with Crippen LogP contribution in [0.4, 0.5) is 5.69 Å². The Bertz CT molecular complexity index is 809. The van der Waals surface area contributed by atoms with E-state index < -0.39 is 10.0 Å². The van der Waals surface area contributed by atoms with Crippen molar-refractivity contribution in [2.75, 3.05) is 37.7 Å². The van der Waals surface area contributed by atoms with Crippen LogP contribution < -0.4 is 9.64 Å². The van der Waals surface area contributed by atoms with E-state index in [4.69, 9.17) is 4.74 Å². The van der Waals surface area contributed by atoms with Crippen molar-refractivity contribution < 1.29 is 13.2 Å². The quantitative estimate of drug-likeness (QED) is 0.779. The van der Waals surface area contributed by atoms with Gasteiger partial charge in [-0.1, -0.05) is 19.1 Å². The van der Waals surface area contributed by atoms with E-state index in [0.717, 1.165) is 12.1 Å². The molecule has 0 saturated carbocycles. The first-order valence-electron chi connectivity index (χ1n) is 9.11. The maximum Gasteiger partial charge on any atom is 0.243 e. The van der Waals surface area contributed by atoms with Crippen LogP contribution >= 0.6 is 0 Å². The highest BCUT2D eigenvalue weighted by molar-refractivity contribution is 7.89. The van der Waals surface area contributed by atoms with Crippen molar-refractivity contribution in [1.82, 2.24) is 4.31 Å². The van der Waals surface area contributed by atoms with Crippen LogP contribution in [0, 0.1) is 0 Å².